The highest BCUT2D eigenvalue weighted by atomic mass is 79.9. The first kappa shape index (κ1) is 14.0. The lowest BCUT2D eigenvalue weighted by atomic mass is 10.2. The number of aromatic nitrogens is 1. The molecule has 1 aromatic heterocycles. The van der Waals surface area contributed by atoms with Crippen molar-refractivity contribution in [3.63, 3.8) is 0 Å². The predicted molar refractivity (Wildman–Crippen MR) is 78.9 cm³/mol. The molecule has 1 aromatic carbocycles. The molecule has 0 radical (unpaired) electrons. The molecule has 7 heteroatoms. The summed E-state index contributed by atoms with van der Waals surface area (Å²) in [6.07, 6.45) is 1.45. The number of hydrogen-bond acceptors (Lipinski definition) is 5. The monoisotopic (exact) mass is 331 g/mol. The maximum Gasteiger partial charge on any atom is 0.274 e. The van der Waals surface area contributed by atoms with Gasteiger partial charge < -0.3 is 10.7 Å². The van der Waals surface area contributed by atoms with Crippen LogP contribution in [0.15, 0.2) is 41.0 Å². The summed E-state index contributed by atoms with van der Waals surface area (Å²) in [5, 5.41) is 11.7. The first-order valence-electron chi connectivity index (χ1n) is 5.57. The maximum atomic E-state index is 12.0. The molecular formula is C13H10BrN5O. The molecule has 0 aliphatic carbocycles. The normalized spacial score (nSPS) is 9.65. The summed E-state index contributed by atoms with van der Waals surface area (Å²) in [5.41, 5.74) is 4.06. The van der Waals surface area contributed by atoms with Gasteiger partial charge >= 0.3 is 0 Å². The van der Waals surface area contributed by atoms with E-state index in [2.05, 4.69) is 31.7 Å². The highest BCUT2D eigenvalue weighted by Crippen LogP contribution is 2.21. The number of nitrogens with zero attached hydrogens (tertiary/aromatic N) is 2. The number of halogens is 1. The van der Waals surface area contributed by atoms with Crippen molar-refractivity contribution in [2.75, 3.05) is 10.7 Å². The van der Waals surface area contributed by atoms with E-state index < -0.39 is 5.91 Å². The van der Waals surface area contributed by atoms with Gasteiger partial charge in [0.25, 0.3) is 5.91 Å². The molecular weight excluding hydrogens is 322 g/mol. The van der Waals surface area contributed by atoms with Crippen LogP contribution in [0.2, 0.25) is 0 Å². The lowest BCUT2D eigenvalue weighted by Crippen LogP contribution is -2.15. The van der Waals surface area contributed by atoms with E-state index in [-0.39, 0.29) is 5.69 Å². The molecule has 6 nitrogen and oxygen atoms in total. The maximum absolute atomic E-state index is 12.0. The Bertz CT molecular complexity index is 678. The molecule has 0 aliphatic heterocycles. The van der Waals surface area contributed by atoms with Gasteiger partial charge in [0, 0.05) is 4.47 Å². The van der Waals surface area contributed by atoms with Crippen LogP contribution >= 0.6 is 15.9 Å². The number of carbonyl (C=O) groups is 1. The van der Waals surface area contributed by atoms with Gasteiger partial charge in [0.1, 0.15) is 11.8 Å². The van der Waals surface area contributed by atoms with E-state index >= 15 is 0 Å². The molecule has 0 aliphatic rings. The third-order valence-corrected chi connectivity index (χ3v) is 3.01. The third kappa shape index (κ3) is 3.12. The average Bonchev–Trinajstić information content (AvgIpc) is 2.47. The molecule has 0 saturated carbocycles. The molecule has 2 rings (SSSR count). The van der Waals surface area contributed by atoms with Gasteiger partial charge in [-0.1, -0.05) is 15.9 Å². The number of nitrogens with one attached hydrogen (secondary N) is 2. The van der Waals surface area contributed by atoms with E-state index in [0.29, 0.717) is 16.9 Å². The van der Waals surface area contributed by atoms with Gasteiger partial charge in [-0.25, -0.2) is 4.98 Å². The summed E-state index contributed by atoms with van der Waals surface area (Å²) < 4.78 is 0.766. The fourth-order valence-corrected chi connectivity index (χ4v) is 1.88. The Morgan fingerprint density at radius 3 is 2.75 bits per heavy atom. The fraction of sp³-hybridized carbons (Fsp3) is 0. The number of hydrogen-bond donors (Lipinski definition) is 3. The van der Waals surface area contributed by atoms with E-state index in [9.17, 15) is 4.79 Å². The largest absolute Gasteiger partial charge is 0.323 e. The van der Waals surface area contributed by atoms with Gasteiger partial charge in [0.2, 0.25) is 0 Å². The summed E-state index contributed by atoms with van der Waals surface area (Å²) in [6.45, 7) is 0. The van der Waals surface area contributed by atoms with Crippen LogP contribution in [-0.2, 0) is 0 Å². The minimum Gasteiger partial charge on any atom is -0.323 e. The van der Waals surface area contributed by atoms with Crippen LogP contribution in [0.3, 0.4) is 0 Å². The number of nitriles is 1. The number of nitrogen functional groups attached to an aromatic ring is 1. The van der Waals surface area contributed by atoms with Crippen molar-refractivity contribution >= 4 is 33.2 Å². The molecule has 0 saturated heterocycles. The average molecular weight is 332 g/mol. The third-order valence-electron chi connectivity index (χ3n) is 2.51. The number of nitrogens with two attached hydrogens (primary N) is 1. The summed E-state index contributed by atoms with van der Waals surface area (Å²) in [7, 11) is 0. The molecule has 0 fully saturated rings. The quantitative estimate of drug-likeness (QED) is 0.591. The second-order valence-electron chi connectivity index (χ2n) is 3.83. The summed E-state index contributed by atoms with van der Waals surface area (Å²) >= 11 is 3.29. The lowest BCUT2D eigenvalue weighted by molar-refractivity contribution is 0.102. The van der Waals surface area contributed by atoms with Crippen LogP contribution in [0.5, 0.6) is 0 Å². The van der Waals surface area contributed by atoms with E-state index in [0.717, 1.165) is 4.47 Å². The summed E-state index contributed by atoms with van der Waals surface area (Å²) in [4.78, 5) is 16.0. The predicted octanol–water partition coefficient (Wildman–Crippen LogP) is 2.25. The van der Waals surface area contributed by atoms with Crippen molar-refractivity contribution < 1.29 is 4.79 Å². The smallest absolute Gasteiger partial charge is 0.274 e. The molecule has 0 unspecified atom stereocenters. The zero-order valence-corrected chi connectivity index (χ0v) is 11.8. The Kier molecular flexibility index (Phi) is 4.30. The zero-order chi connectivity index (χ0) is 14.5. The molecule has 0 spiro atoms. The summed E-state index contributed by atoms with van der Waals surface area (Å²) in [5.74, 6) is 4.82. The first-order valence-corrected chi connectivity index (χ1v) is 6.37. The Morgan fingerprint density at radius 1 is 1.35 bits per heavy atom. The standard InChI is InChI=1S/C13H10BrN5O/c14-9-2-1-8(6-15)12(5-9)18-13(20)11-4-3-10(19-16)7-17-11/h1-5,7,19H,16H2,(H,18,20). The molecule has 2 aromatic rings. The van der Waals surface area contributed by atoms with E-state index in [4.69, 9.17) is 11.1 Å². The highest BCUT2D eigenvalue weighted by molar-refractivity contribution is 9.10. The number of carbonyl (C=O) groups excluding carboxylic acids is 1. The minimum atomic E-state index is -0.400. The van der Waals surface area contributed by atoms with Crippen LogP contribution in [0.1, 0.15) is 16.1 Å². The Morgan fingerprint density at radius 2 is 2.15 bits per heavy atom. The van der Waals surface area contributed by atoms with Crippen molar-refractivity contribution in [2.24, 2.45) is 5.84 Å². The number of rotatable bonds is 3. The van der Waals surface area contributed by atoms with Gasteiger partial charge in [-0.05, 0) is 30.3 Å². The SMILES string of the molecule is N#Cc1ccc(Br)cc1NC(=O)c1ccc(NN)cn1. The molecule has 0 atom stereocenters. The molecule has 1 amide bonds. The van der Waals surface area contributed by atoms with Crippen LogP contribution in [0.25, 0.3) is 0 Å². The van der Waals surface area contributed by atoms with Crippen molar-refractivity contribution in [2.45, 2.75) is 0 Å². The Hall–Kier alpha value is -2.43. The van der Waals surface area contributed by atoms with Crippen molar-refractivity contribution in [1.29, 1.82) is 5.26 Å². The molecule has 100 valence electrons. The molecule has 0 bridgehead atoms. The number of pyridine rings is 1. The van der Waals surface area contributed by atoms with Gasteiger partial charge in [-0.15, -0.1) is 0 Å². The Labute approximate surface area is 123 Å². The van der Waals surface area contributed by atoms with E-state index in [1.54, 1.807) is 24.3 Å². The van der Waals surface area contributed by atoms with Crippen LogP contribution in [0, 0.1) is 11.3 Å². The van der Waals surface area contributed by atoms with E-state index in [1.165, 1.54) is 12.3 Å². The zero-order valence-electron chi connectivity index (χ0n) is 10.2. The van der Waals surface area contributed by atoms with Gasteiger partial charge in [0.15, 0.2) is 0 Å². The van der Waals surface area contributed by atoms with Crippen LogP contribution < -0.4 is 16.6 Å². The van der Waals surface area contributed by atoms with Gasteiger partial charge in [0.05, 0.1) is 23.1 Å². The number of anilines is 2. The van der Waals surface area contributed by atoms with Crippen LogP contribution in [0.4, 0.5) is 11.4 Å². The summed E-state index contributed by atoms with van der Waals surface area (Å²) in [6, 6.07) is 10.2. The van der Waals surface area contributed by atoms with Crippen LogP contribution in [-0.4, -0.2) is 10.9 Å². The molecule has 4 N–H and O–H groups in total. The minimum absolute atomic E-state index is 0.230. The van der Waals surface area contributed by atoms with Crippen molar-refractivity contribution in [3.8, 4) is 6.07 Å². The first-order chi connectivity index (χ1) is 9.63. The number of amides is 1. The second-order valence-corrected chi connectivity index (χ2v) is 4.75. The van der Waals surface area contributed by atoms with Gasteiger partial charge in [-0.2, -0.15) is 5.26 Å². The fourth-order valence-electron chi connectivity index (χ4n) is 1.52. The Balaban J connectivity index is 2.23. The second kappa shape index (κ2) is 6.14. The van der Waals surface area contributed by atoms with Crippen molar-refractivity contribution in [1.82, 2.24) is 4.98 Å². The van der Waals surface area contributed by atoms with Crippen molar-refractivity contribution in [3.05, 3.63) is 52.3 Å². The molecule has 1 heterocycles. The van der Waals surface area contributed by atoms with Gasteiger partial charge in [-0.3, -0.25) is 10.6 Å². The van der Waals surface area contributed by atoms with E-state index in [1.807, 2.05) is 6.07 Å². The lowest BCUT2D eigenvalue weighted by Gasteiger charge is -2.07. The number of benzene rings is 1. The number of hydrazine groups is 1. The molecule has 20 heavy (non-hydrogen) atoms. The highest BCUT2D eigenvalue weighted by Gasteiger charge is 2.10. The topological polar surface area (TPSA) is 104 Å².